The lowest BCUT2D eigenvalue weighted by Crippen LogP contribution is -2.70. The molecule has 7 rings (SSSR count). The van der Waals surface area contributed by atoms with Crippen molar-refractivity contribution in [2.75, 3.05) is 46.2 Å². The van der Waals surface area contributed by atoms with E-state index in [1.54, 1.807) is 0 Å². The van der Waals surface area contributed by atoms with E-state index in [-0.39, 0.29) is 0 Å². The number of aliphatic hydroxyl groups is 19. The molecule has 7 heterocycles. The molecular formula is C50H84N4O36. The number of hydrogen-bond acceptors (Lipinski definition) is 36. The standard InChI is InChI=1S/C50H84N4O36/c1-12(60)51-23-33(70)40(18(7-57)80-44(23)77)87-47-26(54-15(4)63)34(71)41(19(8-58)83-47)89-50-39(76)43(90-49-38(75)36(73)42(20(9-59)84-49)88-46-25(53-14(3)62)32(69)28(65)17(6-56)82-46)30(67)22(86-50)11-79-48-37(74)35(72)29(66)21(85-48)10-78-45-24(52-13(2)61)31(68)27(64)16(5-55)81-45/h16-50,55-59,64-77H,5-11H2,1-4H3,(H,51,60)(H,52,61)(H,53,62)(H,54,63)/t16-,17-,18-,19-,20-,21-,22-,23-,24-,25-,26-,27-,28-,29-,30-,31-,32-,33-,34-,35+,36-,37+,38+,39+,40-,41-,42-,43+,44?,45-,46+,47+,48+,49-,50+/m1/s1. The van der Waals surface area contributed by atoms with Gasteiger partial charge in [-0.3, -0.25) is 19.2 Å². The second-order valence-corrected chi connectivity index (χ2v) is 22.6. The fourth-order valence-electron chi connectivity index (χ4n) is 11.4. The van der Waals surface area contributed by atoms with E-state index < -0.39 is 285 Å². The van der Waals surface area contributed by atoms with Gasteiger partial charge < -0.3 is 180 Å². The van der Waals surface area contributed by atoms with Crippen LogP contribution in [-0.4, -0.2) is 382 Å². The van der Waals surface area contributed by atoms with Gasteiger partial charge in [-0.15, -0.1) is 0 Å². The van der Waals surface area contributed by atoms with E-state index in [2.05, 4.69) is 21.3 Å². The molecule has 7 aliphatic rings. The zero-order chi connectivity index (χ0) is 66.5. The minimum atomic E-state index is -2.39. The first-order chi connectivity index (χ1) is 42.5. The molecular weight excluding hydrogens is 1230 g/mol. The van der Waals surface area contributed by atoms with Crippen molar-refractivity contribution < 1.29 is 178 Å². The summed E-state index contributed by atoms with van der Waals surface area (Å²) in [5.41, 5.74) is 0. The summed E-state index contributed by atoms with van der Waals surface area (Å²) in [6, 6.07) is -6.49. The number of hydrogen-bond donors (Lipinski definition) is 23. The van der Waals surface area contributed by atoms with E-state index in [1.807, 2.05) is 0 Å². The molecule has 0 aromatic carbocycles. The molecule has 0 radical (unpaired) electrons. The predicted molar refractivity (Wildman–Crippen MR) is 278 cm³/mol. The Kier molecular flexibility index (Phi) is 26.6. The molecule has 7 aliphatic heterocycles. The third kappa shape index (κ3) is 16.6. The topological polar surface area (TPSA) is 621 Å². The molecule has 0 aromatic heterocycles. The Morgan fingerprint density at radius 2 is 0.600 bits per heavy atom. The van der Waals surface area contributed by atoms with Gasteiger partial charge in [-0.05, 0) is 0 Å². The highest BCUT2D eigenvalue weighted by molar-refractivity contribution is 5.74. The first kappa shape index (κ1) is 74.0. The Bertz CT molecular complexity index is 2310. The van der Waals surface area contributed by atoms with E-state index in [0.717, 1.165) is 27.7 Å². The summed E-state index contributed by atoms with van der Waals surface area (Å²) in [6.45, 7) is -2.58. The van der Waals surface area contributed by atoms with Gasteiger partial charge in [0.05, 0.1) is 46.2 Å². The first-order valence-corrected chi connectivity index (χ1v) is 28.6. The molecule has 0 aliphatic carbocycles. The highest BCUT2D eigenvalue weighted by Crippen LogP contribution is 2.37. The van der Waals surface area contributed by atoms with Crippen LogP contribution in [0, 0.1) is 0 Å². The summed E-state index contributed by atoms with van der Waals surface area (Å²) in [6.07, 6.45) is -60.2. The van der Waals surface area contributed by atoms with Gasteiger partial charge in [0.15, 0.2) is 44.0 Å². The molecule has 23 N–H and O–H groups in total. The first-order valence-electron chi connectivity index (χ1n) is 28.6. The quantitative estimate of drug-likeness (QED) is 0.0452. The van der Waals surface area contributed by atoms with Crippen molar-refractivity contribution in [3.8, 4) is 0 Å². The SMILES string of the molecule is CC(=O)N[C@H]1[C@H](O[C@H]2[C@H](O)[C@@H](NC(C)=O)C(O)O[C@@H]2CO)O[C@H](CO)[C@@H](O[C@@H]2O[C@H](CO[C@H]3O[C@H](CO[C@@H]4O[C@H](CO)[C@@H](O)[C@H](O)[C@H]4NC(C)=O)[C@@H](O)[C@H](O)[C@@H]3O)[C@@H](O)[C@H](O[C@H]3O[C@H](CO)[C@@H](O[C@@H]4O[C@H](CO)[C@@H](O)[C@H](O)[C@H]4NC(C)=O)[C@H](O)[C@@H]3O)[C@@H]2O)[C@@H]1O. The van der Waals surface area contributed by atoms with Gasteiger partial charge in [0.25, 0.3) is 0 Å². The third-order valence-electron chi connectivity index (χ3n) is 16.1. The number of rotatable bonds is 23. The summed E-state index contributed by atoms with van der Waals surface area (Å²) in [5, 5.41) is 217. The van der Waals surface area contributed by atoms with Crippen molar-refractivity contribution in [2.24, 2.45) is 0 Å². The average Bonchev–Trinajstić information content (AvgIpc) is 0.826. The molecule has 4 amide bonds. The van der Waals surface area contributed by atoms with Crippen LogP contribution in [0.5, 0.6) is 0 Å². The molecule has 520 valence electrons. The van der Waals surface area contributed by atoms with Gasteiger partial charge in [-0.1, -0.05) is 0 Å². The van der Waals surface area contributed by atoms with Crippen LogP contribution in [0.4, 0.5) is 0 Å². The largest absolute Gasteiger partial charge is 0.394 e. The molecule has 7 saturated heterocycles. The Balaban J connectivity index is 1.15. The zero-order valence-electron chi connectivity index (χ0n) is 48.6. The summed E-state index contributed by atoms with van der Waals surface area (Å²) in [5.74, 6) is -3.11. The van der Waals surface area contributed by atoms with E-state index in [0.29, 0.717) is 0 Å². The van der Waals surface area contributed by atoms with E-state index in [1.165, 1.54) is 0 Å². The number of ether oxygens (including phenoxy) is 13. The lowest BCUT2D eigenvalue weighted by Gasteiger charge is -2.50. The molecule has 35 atom stereocenters. The number of carbonyl (C=O) groups excluding carboxylic acids is 4. The van der Waals surface area contributed by atoms with E-state index >= 15 is 0 Å². The second-order valence-electron chi connectivity index (χ2n) is 22.6. The molecule has 40 nitrogen and oxygen atoms in total. The van der Waals surface area contributed by atoms with Gasteiger partial charge in [0.2, 0.25) is 23.6 Å². The molecule has 0 bridgehead atoms. The van der Waals surface area contributed by atoms with Crippen LogP contribution in [0.2, 0.25) is 0 Å². The highest BCUT2D eigenvalue weighted by atomic mass is 16.8. The Hall–Kier alpha value is -3.40. The fourth-order valence-corrected chi connectivity index (χ4v) is 11.4. The molecule has 40 heteroatoms. The van der Waals surface area contributed by atoms with Gasteiger partial charge in [-0.2, -0.15) is 0 Å². The van der Waals surface area contributed by atoms with Gasteiger partial charge in [0.1, 0.15) is 171 Å². The molecule has 0 spiro atoms. The average molecular weight is 1320 g/mol. The normalized spacial score (nSPS) is 47.6. The maximum atomic E-state index is 12.7. The van der Waals surface area contributed by atoms with Crippen LogP contribution >= 0.6 is 0 Å². The summed E-state index contributed by atoms with van der Waals surface area (Å²) in [4.78, 5) is 48.9. The van der Waals surface area contributed by atoms with Crippen LogP contribution in [0.3, 0.4) is 0 Å². The monoisotopic (exact) mass is 1320 g/mol. The van der Waals surface area contributed by atoms with Crippen molar-refractivity contribution in [2.45, 2.75) is 242 Å². The Morgan fingerprint density at radius 3 is 1.09 bits per heavy atom. The van der Waals surface area contributed by atoms with Gasteiger partial charge in [-0.25, -0.2) is 0 Å². The molecule has 0 aromatic rings. The molecule has 90 heavy (non-hydrogen) atoms. The Morgan fingerprint density at radius 1 is 0.289 bits per heavy atom. The number of carbonyl (C=O) groups is 4. The van der Waals surface area contributed by atoms with Crippen LogP contribution in [-0.2, 0) is 80.8 Å². The fraction of sp³-hybridized carbons (Fsp3) is 0.920. The minimum Gasteiger partial charge on any atom is -0.394 e. The highest BCUT2D eigenvalue weighted by Gasteiger charge is 2.58. The zero-order valence-corrected chi connectivity index (χ0v) is 48.6. The number of nitrogens with one attached hydrogen (secondary N) is 4. The third-order valence-corrected chi connectivity index (χ3v) is 16.1. The molecule has 1 unspecified atom stereocenters. The van der Waals surface area contributed by atoms with Crippen LogP contribution in [0.15, 0.2) is 0 Å². The van der Waals surface area contributed by atoms with Crippen molar-refractivity contribution in [3.63, 3.8) is 0 Å². The van der Waals surface area contributed by atoms with E-state index in [4.69, 9.17) is 61.6 Å². The molecule has 7 fully saturated rings. The van der Waals surface area contributed by atoms with Crippen LogP contribution in [0.25, 0.3) is 0 Å². The lowest BCUT2D eigenvalue weighted by molar-refractivity contribution is -0.389. The van der Waals surface area contributed by atoms with Gasteiger partial charge in [0, 0.05) is 27.7 Å². The summed E-state index contributed by atoms with van der Waals surface area (Å²) < 4.78 is 75.4. The maximum Gasteiger partial charge on any atom is 0.217 e. The van der Waals surface area contributed by atoms with Crippen LogP contribution in [0.1, 0.15) is 27.7 Å². The summed E-state index contributed by atoms with van der Waals surface area (Å²) >= 11 is 0. The van der Waals surface area contributed by atoms with Crippen molar-refractivity contribution >= 4 is 23.6 Å². The summed E-state index contributed by atoms with van der Waals surface area (Å²) in [7, 11) is 0. The van der Waals surface area contributed by atoms with Crippen molar-refractivity contribution in [1.29, 1.82) is 0 Å². The van der Waals surface area contributed by atoms with Crippen molar-refractivity contribution in [1.82, 2.24) is 21.3 Å². The lowest BCUT2D eigenvalue weighted by atomic mass is 9.94. The maximum absolute atomic E-state index is 12.7. The number of amides is 4. The molecule has 0 saturated carbocycles. The minimum absolute atomic E-state index is 0.719. The van der Waals surface area contributed by atoms with Crippen LogP contribution < -0.4 is 21.3 Å². The Labute approximate surface area is 510 Å². The predicted octanol–water partition coefficient (Wildman–Crippen LogP) is -15.7. The smallest absolute Gasteiger partial charge is 0.217 e. The second kappa shape index (κ2) is 32.4. The number of aliphatic hydroxyl groups excluding tert-OH is 19. The van der Waals surface area contributed by atoms with E-state index in [9.17, 15) is 116 Å². The van der Waals surface area contributed by atoms with Gasteiger partial charge >= 0.3 is 0 Å². The van der Waals surface area contributed by atoms with Crippen molar-refractivity contribution in [3.05, 3.63) is 0 Å².